The molecule has 2 heteroatoms. The Hall–Kier alpha value is -1.80. The fourth-order valence-electron chi connectivity index (χ4n) is 2.31. The number of rotatable bonds is 1. The lowest BCUT2D eigenvalue weighted by Gasteiger charge is -2.00. The van der Waals surface area contributed by atoms with Gasteiger partial charge in [0.25, 0.3) is 0 Å². The Bertz CT molecular complexity index is 710. The van der Waals surface area contributed by atoms with Crippen LogP contribution < -0.4 is 0 Å². The van der Waals surface area contributed by atoms with Gasteiger partial charge in [0.05, 0.1) is 6.61 Å². The number of H-pyrrole nitrogens is 1. The predicted molar refractivity (Wildman–Crippen MR) is 71.2 cm³/mol. The zero-order valence-electron chi connectivity index (χ0n) is 10.0. The largest absolute Gasteiger partial charge is 0.392 e. The molecular formula is C15H15NO. The van der Waals surface area contributed by atoms with Crippen molar-refractivity contribution in [2.24, 2.45) is 0 Å². The van der Waals surface area contributed by atoms with Crippen LogP contribution >= 0.6 is 0 Å². The number of aromatic nitrogens is 1. The van der Waals surface area contributed by atoms with E-state index in [0.29, 0.717) is 0 Å². The molecule has 0 fully saturated rings. The second-order valence-electron chi connectivity index (χ2n) is 4.65. The lowest BCUT2D eigenvalue weighted by atomic mass is 10.0. The first-order valence-electron chi connectivity index (χ1n) is 5.81. The van der Waals surface area contributed by atoms with Crippen molar-refractivity contribution in [2.45, 2.75) is 20.5 Å². The van der Waals surface area contributed by atoms with Crippen LogP contribution in [-0.4, -0.2) is 10.1 Å². The maximum Gasteiger partial charge on any atom is 0.0682 e. The van der Waals surface area contributed by atoms with Crippen molar-refractivity contribution in [3.63, 3.8) is 0 Å². The van der Waals surface area contributed by atoms with Crippen LogP contribution in [-0.2, 0) is 6.61 Å². The number of hydrogen-bond acceptors (Lipinski definition) is 1. The third-order valence-corrected chi connectivity index (χ3v) is 3.46. The zero-order valence-corrected chi connectivity index (χ0v) is 10.0. The molecule has 0 bridgehead atoms. The van der Waals surface area contributed by atoms with Gasteiger partial charge in [0.15, 0.2) is 0 Å². The van der Waals surface area contributed by atoms with Crippen molar-refractivity contribution in [2.75, 3.05) is 0 Å². The molecule has 3 rings (SSSR count). The van der Waals surface area contributed by atoms with Crippen LogP contribution in [0.4, 0.5) is 0 Å². The van der Waals surface area contributed by atoms with Gasteiger partial charge >= 0.3 is 0 Å². The molecule has 0 aliphatic rings. The second kappa shape index (κ2) is 3.60. The molecule has 0 saturated heterocycles. The quantitative estimate of drug-likeness (QED) is 0.654. The van der Waals surface area contributed by atoms with Gasteiger partial charge in [0, 0.05) is 21.8 Å². The summed E-state index contributed by atoms with van der Waals surface area (Å²) < 4.78 is 0. The Morgan fingerprint density at radius 1 is 0.941 bits per heavy atom. The molecule has 2 N–H and O–H groups in total. The monoisotopic (exact) mass is 225 g/mol. The highest BCUT2D eigenvalue weighted by atomic mass is 16.3. The Morgan fingerprint density at radius 3 is 2.41 bits per heavy atom. The lowest BCUT2D eigenvalue weighted by Crippen LogP contribution is -1.81. The molecule has 17 heavy (non-hydrogen) atoms. The summed E-state index contributed by atoms with van der Waals surface area (Å²) in [5.74, 6) is 0. The van der Waals surface area contributed by atoms with Crippen LogP contribution in [0.5, 0.6) is 0 Å². The van der Waals surface area contributed by atoms with Gasteiger partial charge in [-0.3, -0.25) is 0 Å². The van der Waals surface area contributed by atoms with Gasteiger partial charge < -0.3 is 10.1 Å². The smallest absolute Gasteiger partial charge is 0.0682 e. The van der Waals surface area contributed by atoms with E-state index in [4.69, 9.17) is 0 Å². The molecule has 0 unspecified atom stereocenters. The van der Waals surface area contributed by atoms with Crippen LogP contribution in [0.15, 0.2) is 30.3 Å². The van der Waals surface area contributed by atoms with E-state index in [1.807, 2.05) is 12.1 Å². The summed E-state index contributed by atoms with van der Waals surface area (Å²) in [5.41, 5.74) is 5.84. The van der Waals surface area contributed by atoms with E-state index in [2.05, 4.69) is 37.0 Å². The molecule has 2 nitrogen and oxygen atoms in total. The van der Waals surface area contributed by atoms with E-state index >= 15 is 0 Å². The summed E-state index contributed by atoms with van der Waals surface area (Å²) in [7, 11) is 0. The number of benzene rings is 2. The average Bonchev–Trinajstić information content (AvgIpc) is 2.67. The van der Waals surface area contributed by atoms with Crippen molar-refractivity contribution in [3.05, 3.63) is 47.0 Å². The SMILES string of the molecule is Cc1cc2[nH]c3ccc(CO)cc3c2cc1C. The number of aliphatic hydroxyl groups excluding tert-OH is 1. The van der Waals surface area contributed by atoms with Crippen LogP contribution in [0.2, 0.25) is 0 Å². The van der Waals surface area contributed by atoms with E-state index in [-0.39, 0.29) is 6.61 Å². The Balaban J connectivity index is 2.44. The summed E-state index contributed by atoms with van der Waals surface area (Å²) >= 11 is 0. The molecule has 0 amide bonds. The number of aryl methyl sites for hydroxylation is 2. The second-order valence-corrected chi connectivity index (χ2v) is 4.65. The van der Waals surface area contributed by atoms with Crippen molar-refractivity contribution in [3.8, 4) is 0 Å². The first-order chi connectivity index (χ1) is 8.19. The van der Waals surface area contributed by atoms with Gasteiger partial charge in [-0.05, 0) is 54.8 Å². The molecule has 0 radical (unpaired) electrons. The number of nitrogens with one attached hydrogen (secondary N) is 1. The molecule has 1 aromatic heterocycles. The first-order valence-corrected chi connectivity index (χ1v) is 5.81. The Labute approximate surface area is 99.9 Å². The minimum absolute atomic E-state index is 0.0907. The fraction of sp³-hybridized carbons (Fsp3) is 0.200. The van der Waals surface area contributed by atoms with Gasteiger partial charge in [0.1, 0.15) is 0 Å². The molecule has 0 spiro atoms. The van der Waals surface area contributed by atoms with Crippen molar-refractivity contribution in [1.82, 2.24) is 4.98 Å². The van der Waals surface area contributed by atoms with Gasteiger partial charge in [-0.25, -0.2) is 0 Å². The normalized spacial score (nSPS) is 11.5. The van der Waals surface area contributed by atoms with Crippen molar-refractivity contribution in [1.29, 1.82) is 0 Å². The van der Waals surface area contributed by atoms with Gasteiger partial charge in [-0.2, -0.15) is 0 Å². The maximum absolute atomic E-state index is 9.20. The summed E-state index contributed by atoms with van der Waals surface area (Å²) in [6.45, 7) is 4.34. The van der Waals surface area contributed by atoms with E-state index in [9.17, 15) is 5.11 Å². The summed E-state index contributed by atoms with van der Waals surface area (Å²) in [6, 6.07) is 10.4. The van der Waals surface area contributed by atoms with Crippen LogP contribution in [0.3, 0.4) is 0 Å². The lowest BCUT2D eigenvalue weighted by molar-refractivity contribution is 0.282. The molecule has 86 valence electrons. The number of aliphatic hydroxyl groups is 1. The highest BCUT2D eigenvalue weighted by Gasteiger charge is 2.06. The number of aromatic amines is 1. The summed E-state index contributed by atoms with van der Waals surface area (Å²) in [4.78, 5) is 3.42. The third kappa shape index (κ3) is 1.53. The van der Waals surface area contributed by atoms with E-state index in [1.165, 1.54) is 21.9 Å². The summed E-state index contributed by atoms with van der Waals surface area (Å²) in [5, 5.41) is 11.6. The van der Waals surface area contributed by atoms with Crippen molar-refractivity contribution >= 4 is 21.8 Å². The maximum atomic E-state index is 9.20. The van der Waals surface area contributed by atoms with Crippen molar-refractivity contribution < 1.29 is 5.11 Å². The molecule has 3 aromatic rings. The summed E-state index contributed by atoms with van der Waals surface area (Å²) in [6.07, 6.45) is 0. The Morgan fingerprint density at radius 2 is 1.65 bits per heavy atom. The molecule has 0 aliphatic heterocycles. The number of hydrogen-bond donors (Lipinski definition) is 2. The minimum Gasteiger partial charge on any atom is -0.392 e. The molecule has 2 aromatic carbocycles. The zero-order chi connectivity index (χ0) is 12.0. The standard InChI is InChI=1S/C15H15NO/c1-9-5-12-13-7-11(8-17)3-4-14(13)16-15(12)6-10(9)2/h3-7,16-17H,8H2,1-2H3. The molecule has 0 saturated carbocycles. The molecule has 0 aliphatic carbocycles. The van der Waals surface area contributed by atoms with Crippen LogP contribution in [0.1, 0.15) is 16.7 Å². The van der Waals surface area contributed by atoms with E-state index in [0.717, 1.165) is 16.6 Å². The van der Waals surface area contributed by atoms with Crippen LogP contribution in [0, 0.1) is 13.8 Å². The van der Waals surface area contributed by atoms with E-state index in [1.54, 1.807) is 0 Å². The first kappa shape index (κ1) is 10.4. The van der Waals surface area contributed by atoms with E-state index < -0.39 is 0 Å². The van der Waals surface area contributed by atoms with Gasteiger partial charge in [-0.1, -0.05) is 6.07 Å². The van der Waals surface area contributed by atoms with Crippen LogP contribution in [0.25, 0.3) is 21.8 Å². The van der Waals surface area contributed by atoms with Gasteiger partial charge in [0.2, 0.25) is 0 Å². The number of fused-ring (bicyclic) bond motifs is 3. The third-order valence-electron chi connectivity index (χ3n) is 3.46. The minimum atomic E-state index is 0.0907. The predicted octanol–water partition coefficient (Wildman–Crippen LogP) is 3.43. The topological polar surface area (TPSA) is 36.0 Å². The highest BCUT2D eigenvalue weighted by molar-refractivity contribution is 6.07. The molecular weight excluding hydrogens is 210 g/mol. The average molecular weight is 225 g/mol. The van der Waals surface area contributed by atoms with Gasteiger partial charge in [-0.15, -0.1) is 0 Å². The fourth-order valence-corrected chi connectivity index (χ4v) is 2.31. The molecule has 0 atom stereocenters. The molecule has 1 heterocycles. The highest BCUT2D eigenvalue weighted by Crippen LogP contribution is 2.28. The Kier molecular flexibility index (Phi) is 2.20.